The van der Waals surface area contributed by atoms with Gasteiger partial charge in [-0.05, 0) is 31.1 Å². The zero-order valence-electron chi connectivity index (χ0n) is 18.0. The van der Waals surface area contributed by atoms with E-state index in [-0.39, 0.29) is 35.8 Å². The molecule has 0 saturated carbocycles. The van der Waals surface area contributed by atoms with Gasteiger partial charge in [-0.25, -0.2) is 0 Å². The van der Waals surface area contributed by atoms with Crippen LogP contribution in [-0.2, 0) is 9.59 Å². The van der Waals surface area contributed by atoms with Gasteiger partial charge in [-0.2, -0.15) is 0 Å². The molecule has 6 heteroatoms. The van der Waals surface area contributed by atoms with Crippen molar-refractivity contribution in [2.75, 3.05) is 52.9 Å². The molecule has 3 atom stereocenters. The van der Waals surface area contributed by atoms with E-state index in [1.54, 1.807) is 13.8 Å². The molecule has 0 aromatic rings. The molecule has 156 valence electrons. The maximum Gasteiger partial charge on any atom is 0.219 e. The van der Waals surface area contributed by atoms with Gasteiger partial charge in [0.15, 0.2) is 0 Å². The van der Waals surface area contributed by atoms with Crippen LogP contribution in [0.15, 0.2) is 11.6 Å². The van der Waals surface area contributed by atoms with E-state index < -0.39 is 0 Å². The van der Waals surface area contributed by atoms with Gasteiger partial charge in [0.2, 0.25) is 11.8 Å². The number of rotatable bonds is 5. The Morgan fingerprint density at radius 3 is 2.30 bits per heavy atom. The first kappa shape index (κ1) is 24.4. The first-order valence-electron chi connectivity index (χ1n) is 10.1. The summed E-state index contributed by atoms with van der Waals surface area (Å²) in [5.74, 6) is 2.06. The fourth-order valence-electron chi connectivity index (χ4n) is 4.64. The van der Waals surface area contributed by atoms with Crippen LogP contribution in [0.4, 0.5) is 0 Å². The smallest absolute Gasteiger partial charge is 0.219 e. The Bertz CT molecular complexity index is 556. The molecule has 3 unspecified atom stereocenters. The summed E-state index contributed by atoms with van der Waals surface area (Å²) in [6.45, 7) is 16.4. The fraction of sp³-hybridized carbons (Fsp3) is 0.810. The monoisotopic (exact) mass is 491 g/mol. The molecule has 0 radical (unpaired) electrons. The molecule has 1 aliphatic heterocycles. The number of hydrogen-bond acceptors (Lipinski definition) is 2. The highest BCUT2D eigenvalue weighted by molar-refractivity contribution is 5.73. The number of piperazine rings is 1. The normalized spacial score (nSPS) is 27.4. The molecule has 0 aromatic heterocycles. The molecule has 0 aromatic carbocycles. The van der Waals surface area contributed by atoms with Crippen LogP contribution in [-0.4, -0.2) is 79.0 Å². The van der Waals surface area contributed by atoms with Gasteiger partial charge < -0.3 is 38.3 Å². The van der Waals surface area contributed by atoms with Gasteiger partial charge in [0, 0.05) is 20.4 Å². The number of likely N-dealkylation sites (N-methyl/N-ethyl adjacent to an activating group) is 1. The minimum atomic E-state index is 0. The Morgan fingerprint density at radius 1 is 1.22 bits per heavy atom. The second-order valence-electron chi connectivity index (χ2n) is 8.98. The van der Waals surface area contributed by atoms with Crippen molar-refractivity contribution in [3.8, 4) is 0 Å². The lowest BCUT2D eigenvalue weighted by Gasteiger charge is -2.43. The number of nitrogens with zero attached hydrogens (tertiary/aromatic N) is 3. The van der Waals surface area contributed by atoms with Gasteiger partial charge in [-0.15, -0.1) is 0 Å². The quantitative estimate of drug-likeness (QED) is 0.293. The van der Waals surface area contributed by atoms with E-state index in [0.29, 0.717) is 17.8 Å². The highest BCUT2D eigenvalue weighted by Crippen LogP contribution is 2.34. The van der Waals surface area contributed by atoms with Gasteiger partial charge in [-0.1, -0.05) is 25.5 Å². The predicted octanol–water partition coefficient (Wildman–Crippen LogP) is -0.614. The summed E-state index contributed by atoms with van der Waals surface area (Å²) in [7, 11) is 2.26. The molecule has 1 fully saturated rings. The van der Waals surface area contributed by atoms with Crippen LogP contribution in [0.2, 0.25) is 0 Å². The van der Waals surface area contributed by atoms with Crippen molar-refractivity contribution in [2.45, 2.75) is 41.0 Å². The first-order chi connectivity index (χ1) is 12.1. The Morgan fingerprint density at radius 2 is 1.81 bits per heavy atom. The van der Waals surface area contributed by atoms with Crippen molar-refractivity contribution < 1.29 is 38.0 Å². The SMILES string of the molecule is CC(=O)N1CC[N+](C)(CCN(CC2C(C)C=C(C)CC2C)C(C)=O)CC1.[I-]. The average Bonchev–Trinajstić information content (AvgIpc) is 2.53. The van der Waals surface area contributed by atoms with Crippen molar-refractivity contribution in [1.29, 1.82) is 0 Å². The summed E-state index contributed by atoms with van der Waals surface area (Å²) in [6.07, 6.45) is 3.53. The summed E-state index contributed by atoms with van der Waals surface area (Å²) in [5.41, 5.74) is 1.48. The lowest BCUT2D eigenvalue weighted by Crippen LogP contribution is -3.00. The maximum absolute atomic E-state index is 12.3. The molecule has 5 nitrogen and oxygen atoms in total. The predicted molar refractivity (Wildman–Crippen MR) is 105 cm³/mol. The lowest BCUT2D eigenvalue weighted by molar-refractivity contribution is -0.912. The number of carbonyl (C=O) groups excluding carboxylic acids is 2. The third-order valence-electron chi connectivity index (χ3n) is 6.65. The molecule has 1 heterocycles. The number of amides is 2. The minimum absolute atomic E-state index is 0. The van der Waals surface area contributed by atoms with E-state index in [9.17, 15) is 9.59 Å². The first-order valence-corrected chi connectivity index (χ1v) is 10.1. The molecule has 0 spiro atoms. The number of quaternary nitrogens is 1. The highest BCUT2D eigenvalue weighted by atomic mass is 127. The summed E-state index contributed by atoms with van der Waals surface area (Å²) in [4.78, 5) is 27.8. The van der Waals surface area contributed by atoms with Crippen molar-refractivity contribution in [2.24, 2.45) is 17.8 Å². The zero-order valence-corrected chi connectivity index (χ0v) is 20.2. The van der Waals surface area contributed by atoms with Gasteiger partial charge in [-0.3, -0.25) is 9.59 Å². The van der Waals surface area contributed by atoms with Crippen molar-refractivity contribution in [3.63, 3.8) is 0 Å². The van der Waals surface area contributed by atoms with Crippen molar-refractivity contribution >= 4 is 11.8 Å². The van der Waals surface area contributed by atoms with Crippen LogP contribution in [0, 0.1) is 17.8 Å². The number of carbonyl (C=O) groups is 2. The number of hydrogen-bond donors (Lipinski definition) is 0. The van der Waals surface area contributed by atoms with Crippen LogP contribution in [0.25, 0.3) is 0 Å². The summed E-state index contributed by atoms with van der Waals surface area (Å²) < 4.78 is 0.947. The van der Waals surface area contributed by atoms with Gasteiger partial charge >= 0.3 is 0 Å². The van der Waals surface area contributed by atoms with Gasteiger partial charge in [0.05, 0.1) is 46.3 Å². The molecule has 0 N–H and O–H groups in total. The van der Waals surface area contributed by atoms with E-state index in [1.807, 2.05) is 4.90 Å². The van der Waals surface area contributed by atoms with E-state index in [1.165, 1.54) is 5.57 Å². The maximum atomic E-state index is 12.3. The molecule has 2 amide bonds. The van der Waals surface area contributed by atoms with Gasteiger partial charge in [0.25, 0.3) is 0 Å². The molecule has 2 aliphatic rings. The van der Waals surface area contributed by atoms with Crippen molar-refractivity contribution in [1.82, 2.24) is 9.80 Å². The third kappa shape index (κ3) is 6.73. The second kappa shape index (κ2) is 10.2. The minimum Gasteiger partial charge on any atom is -1.00 e. The van der Waals surface area contributed by atoms with Crippen molar-refractivity contribution in [3.05, 3.63) is 11.6 Å². The zero-order chi connectivity index (χ0) is 19.5. The van der Waals surface area contributed by atoms with Crippen LogP contribution in [0.1, 0.15) is 41.0 Å². The third-order valence-corrected chi connectivity index (χ3v) is 6.65. The van der Waals surface area contributed by atoms with E-state index in [0.717, 1.165) is 56.7 Å². The Balaban J connectivity index is 0.00000364. The summed E-state index contributed by atoms with van der Waals surface area (Å²) in [6, 6.07) is 0. The topological polar surface area (TPSA) is 40.6 Å². The van der Waals surface area contributed by atoms with E-state index in [4.69, 9.17) is 0 Å². The Kier molecular flexibility index (Phi) is 9.25. The molecular weight excluding hydrogens is 453 g/mol. The second-order valence-corrected chi connectivity index (χ2v) is 8.98. The molecular formula is C21H38IN3O2. The number of halogens is 1. The van der Waals surface area contributed by atoms with E-state index >= 15 is 0 Å². The fourth-order valence-corrected chi connectivity index (χ4v) is 4.64. The van der Waals surface area contributed by atoms with E-state index in [2.05, 4.69) is 38.8 Å². The largest absolute Gasteiger partial charge is 1.00 e. The Labute approximate surface area is 182 Å². The average molecular weight is 491 g/mol. The molecule has 1 aliphatic carbocycles. The molecule has 27 heavy (non-hydrogen) atoms. The van der Waals surface area contributed by atoms with Gasteiger partial charge in [0.1, 0.15) is 0 Å². The summed E-state index contributed by atoms with van der Waals surface area (Å²) in [5, 5.41) is 0. The summed E-state index contributed by atoms with van der Waals surface area (Å²) >= 11 is 0. The van der Waals surface area contributed by atoms with Crippen LogP contribution in [0.3, 0.4) is 0 Å². The molecule has 2 rings (SSSR count). The number of allylic oxidation sites excluding steroid dienone is 2. The molecule has 1 saturated heterocycles. The molecule has 0 bridgehead atoms. The highest BCUT2D eigenvalue weighted by Gasteiger charge is 2.32. The van der Waals surface area contributed by atoms with Crippen LogP contribution < -0.4 is 24.0 Å². The standard InChI is InChI=1S/C21H38N3O2.HI/c1-16-13-17(2)21(18(3)14-16)15-23(20(5)26)9-12-24(6)10-7-22(8-11-24)19(4)25;/h13,17-18,21H,7-12,14-15H2,1-6H3;1H/q+1;/p-1. The van der Waals surface area contributed by atoms with Crippen LogP contribution in [0.5, 0.6) is 0 Å². The Hall–Kier alpha value is -0.630. The lowest BCUT2D eigenvalue weighted by atomic mass is 9.75. The van der Waals surface area contributed by atoms with Crippen LogP contribution >= 0.6 is 0 Å².